The number of ether oxygens (including phenoxy) is 1. The molecular formula is C23H26N2O3. The van der Waals surface area contributed by atoms with Crippen molar-refractivity contribution in [3.8, 4) is 11.1 Å². The monoisotopic (exact) mass is 378 g/mol. The third-order valence-electron chi connectivity index (χ3n) is 6.20. The lowest BCUT2D eigenvalue weighted by Gasteiger charge is -2.34. The zero-order chi connectivity index (χ0) is 19.5. The summed E-state index contributed by atoms with van der Waals surface area (Å²) in [7, 11) is 1.44. The van der Waals surface area contributed by atoms with Crippen molar-refractivity contribution in [3.63, 3.8) is 0 Å². The van der Waals surface area contributed by atoms with E-state index in [0.29, 0.717) is 24.9 Å². The lowest BCUT2D eigenvalue weighted by Crippen LogP contribution is -2.38. The Morgan fingerprint density at radius 3 is 2.57 bits per heavy atom. The first-order valence-corrected chi connectivity index (χ1v) is 10.1. The van der Waals surface area contributed by atoms with Crippen LogP contribution in [0.3, 0.4) is 0 Å². The van der Waals surface area contributed by atoms with Crippen LogP contribution >= 0.6 is 0 Å². The standard InChI is InChI=1S/C23H26N2O3/c1-28-22(26)9-4-16-2-7-20(8-3-16)25-15-19-6-5-18(14-21(19)23(25)27)17-10-12-24-13-11-17/h5-6,10-14,16,20H,2-4,7-9,15H2,1H3. The van der Waals surface area contributed by atoms with Gasteiger partial charge in [0.1, 0.15) is 0 Å². The number of benzene rings is 1. The largest absolute Gasteiger partial charge is 0.469 e. The summed E-state index contributed by atoms with van der Waals surface area (Å²) in [6.07, 6.45) is 9.12. The Kier molecular flexibility index (Phi) is 5.42. The summed E-state index contributed by atoms with van der Waals surface area (Å²) in [6, 6.07) is 10.4. The number of carbonyl (C=O) groups excluding carboxylic acids is 2. The highest BCUT2D eigenvalue weighted by molar-refractivity contribution is 5.99. The van der Waals surface area contributed by atoms with Crippen LogP contribution in [0.2, 0.25) is 0 Å². The summed E-state index contributed by atoms with van der Waals surface area (Å²) in [5.41, 5.74) is 4.09. The average molecular weight is 378 g/mol. The van der Waals surface area contributed by atoms with Gasteiger partial charge in [0.15, 0.2) is 0 Å². The van der Waals surface area contributed by atoms with Gasteiger partial charge in [-0.1, -0.05) is 12.1 Å². The van der Waals surface area contributed by atoms with Crippen molar-refractivity contribution in [1.82, 2.24) is 9.88 Å². The SMILES string of the molecule is COC(=O)CCC1CCC(N2Cc3ccc(-c4ccncc4)cc3C2=O)CC1. The number of methoxy groups -OCH3 is 1. The maximum absolute atomic E-state index is 13.1. The molecule has 0 spiro atoms. The Morgan fingerprint density at radius 2 is 1.86 bits per heavy atom. The molecular weight excluding hydrogens is 352 g/mol. The van der Waals surface area contributed by atoms with Crippen molar-refractivity contribution < 1.29 is 14.3 Å². The molecule has 0 unspecified atom stereocenters. The van der Waals surface area contributed by atoms with E-state index >= 15 is 0 Å². The van der Waals surface area contributed by atoms with Crippen LogP contribution < -0.4 is 0 Å². The van der Waals surface area contributed by atoms with Crippen LogP contribution in [-0.2, 0) is 16.1 Å². The predicted molar refractivity (Wildman–Crippen MR) is 107 cm³/mol. The highest BCUT2D eigenvalue weighted by Gasteiger charge is 2.35. The van der Waals surface area contributed by atoms with Gasteiger partial charge in [-0.15, -0.1) is 0 Å². The van der Waals surface area contributed by atoms with Gasteiger partial charge in [-0.2, -0.15) is 0 Å². The van der Waals surface area contributed by atoms with Crippen molar-refractivity contribution in [2.45, 2.75) is 51.1 Å². The first-order valence-electron chi connectivity index (χ1n) is 10.1. The Morgan fingerprint density at radius 1 is 1.11 bits per heavy atom. The summed E-state index contributed by atoms with van der Waals surface area (Å²) >= 11 is 0. The molecule has 1 aromatic carbocycles. The van der Waals surface area contributed by atoms with Gasteiger partial charge in [-0.05, 0) is 72.9 Å². The van der Waals surface area contributed by atoms with Crippen molar-refractivity contribution in [3.05, 3.63) is 53.9 Å². The molecule has 1 fully saturated rings. The van der Waals surface area contributed by atoms with Crippen LogP contribution in [-0.4, -0.2) is 34.9 Å². The second-order valence-electron chi connectivity index (χ2n) is 7.83. The molecule has 1 saturated carbocycles. The Balaban J connectivity index is 1.39. The molecule has 0 bridgehead atoms. The van der Waals surface area contributed by atoms with Gasteiger partial charge in [-0.25, -0.2) is 0 Å². The number of rotatable bonds is 5. The number of amides is 1. The fourth-order valence-electron chi connectivity index (χ4n) is 4.51. The molecule has 0 radical (unpaired) electrons. The molecule has 1 aromatic heterocycles. The third-order valence-corrected chi connectivity index (χ3v) is 6.20. The Bertz CT molecular complexity index is 857. The fourth-order valence-corrected chi connectivity index (χ4v) is 4.51. The number of nitrogens with zero attached hydrogens (tertiary/aromatic N) is 2. The second kappa shape index (κ2) is 8.13. The predicted octanol–water partition coefficient (Wildman–Crippen LogP) is 4.22. The first kappa shape index (κ1) is 18.7. The Labute approximate surface area is 165 Å². The lowest BCUT2D eigenvalue weighted by atomic mass is 9.83. The van der Waals surface area contributed by atoms with Gasteiger partial charge >= 0.3 is 5.97 Å². The summed E-state index contributed by atoms with van der Waals surface area (Å²) in [6.45, 7) is 0.711. The molecule has 2 aliphatic rings. The number of pyridine rings is 1. The maximum atomic E-state index is 13.1. The van der Waals surface area contributed by atoms with Crippen LogP contribution in [0, 0.1) is 5.92 Å². The van der Waals surface area contributed by atoms with E-state index in [1.807, 2.05) is 18.2 Å². The normalized spacial score (nSPS) is 21.5. The zero-order valence-electron chi connectivity index (χ0n) is 16.3. The van der Waals surface area contributed by atoms with Gasteiger partial charge in [0.2, 0.25) is 0 Å². The summed E-state index contributed by atoms with van der Waals surface area (Å²) < 4.78 is 4.74. The van der Waals surface area contributed by atoms with E-state index in [1.54, 1.807) is 12.4 Å². The van der Waals surface area contributed by atoms with Gasteiger partial charge in [0, 0.05) is 37.0 Å². The van der Waals surface area contributed by atoms with E-state index in [1.165, 1.54) is 7.11 Å². The highest BCUT2D eigenvalue weighted by Crippen LogP contribution is 2.36. The third kappa shape index (κ3) is 3.79. The van der Waals surface area contributed by atoms with Gasteiger partial charge < -0.3 is 9.64 Å². The summed E-state index contributed by atoms with van der Waals surface area (Å²) in [4.78, 5) is 30.5. The molecule has 5 nitrogen and oxygen atoms in total. The van der Waals surface area contributed by atoms with Crippen LogP contribution in [0.5, 0.6) is 0 Å². The highest BCUT2D eigenvalue weighted by atomic mass is 16.5. The van der Waals surface area contributed by atoms with Crippen molar-refractivity contribution in [2.75, 3.05) is 7.11 Å². The van der Waals surface area contributed by atoms with Gasteiger partial charge in [-0.3, -0.25) is 14.6 Å². The molecule has 1 aliphatic heterocycles. The molecule has 0 N–H and O–H groups in total. The quantitative estimate of drug-likeness (QED) is 0.731. The number of hydrogen-bond donors (Lipinski definition) is 0. The van der Waals surface area contributed by atoms with Crippen LogP contribution in [0.15, 0.2) is 42.7 Å². The number of hydrogen-bond acceptors (Lipinski definition) is 4. The van der Waals surface area contributed by atoms with Crippen molar-refractivity contribution in [1.29, 1.82) is 0 Å². The molecule has 2 heterocycles. The molecule has 5 heteroatoms. The molecule has 2 aromatic rings. The molecule has 1 aliphatic carbocycles. The summed E-state index contributed by atoms with van der Waals surface area (Å²) in [5.74, 6) is 0.593. The minimum atomic E-state index is -0.128. The minimum Gasteiger partial charge on any atom is -0.469 e. The van der Waals surface area contributed by atoms with Crippen LogP contribution in [0.25, 0.3) is 11.1 Å². The number of carbonyl (C=O) groups is 2. The van der Waals surface area contributed by atoms with Crippen molar-refractivity contribution in [2.24, 2.45) is 5.92 Å². The van der Waals surface area contributed by atoms with E-state index in [-0.39, 0.29) is 11.9 Å². The fraction of sp³-hybridized carbons (Fsp3) is 0.435. The molecule has 146 valence electrons. The number of aromatic nitrogens is 1. The van der Waals surface area contributed by atoms with E-state index in [9.17, 15) is 9.59 Å². The Hall–Kier alpha value is -2.69. The second-order valence-corrected chi connectivity index (χ2v) is 7.83. The minimum absolute atomic E-state index is 0.128. The maximum Gasteiger partial charge on any atom is 0.305 e. The van der Waals surface area contributed by atoms with Crippen LogP contribution in [0.1, 0.15) is 54.4 Å². The number of esters is 1. The average Bonchev–Trinajstić information content (AvgIpc) is 3.09. The van der Waals surface area contributed by atoms with E-state index < -0.39 is 0 Å². The summed E-state index contributed by atoms with van der Waals surface area (Å²) in [5, 5.41) is 0. The zero-order valence-corrected chi connectivity index (χ0v) is 16.3. The van der Waals surface area contributed by atoms with E-state index in [2.05, 4.69) is 22.0 Å². The van der Waals surface area contributed by atoms with Gasteiger partial charge in [0.05, 0.1) is 7.11 Å². The molecule has 0 atom stereocenters. The van der Waals surface area contributed by atoms with E-state index in [4.69, 9.17) is 4.74 Å². The number of fused-ring (bicyclic) bond motifs is 1. The first-order chi connectivity index (χ1) is 13.7. The molecule has 28 heavy (non-hydrogen) atoms. The molecule has 4 rings (SSSR count). The topological polar surface area (TPSA) is 59.5 Å². The molecule has 1 amide bonds. The lowest BCUT2D eigenvalue weighted by molar-refractivity contribution is -0.141. The molecule has 0 saturated heterocycles. The van der Waals surface area contributed by atoms with Crippen LogP contribution in [0.4, 0.5) is 0 Å². The van der Waals surface area contributed by atoms with E-state index in [0.717, 1.165) is 54.4 Å². The van der Waals surface area contributed by atoms with Gasteiger partial charge in [0.25, 0.3) is 5.91 Å². The smallest absolute Gasteiger partial charge is 0.305 e. The van der Waals surface area contributed by atoms with Crippen molar-refractivity contribution >= 4 is 11.9 Å².